The first kappa shape index (κ1) is 24.5. The molecule has 2 atom stereocenters. The molecule has 2 aromatic heterocycles. The highest BCUT2D eigenvalue weighted by molar-refractivity contribution is 5.75. The van der Waals surface area contributed by atoms with Gasteiger partial charge in [0, 0.05) is 30.3 Å². The zero-order valence-corrected chi connectivity index (χ0v) is 19.4. The third kappa shape index (κ3) is 5.54. The van der Waals surface area contributed by atoms with Crippen LogP contribution in [0.15, 0.2) is 36.8 Å². The molecule has 2 unspecified atom stereocenters. The van der Waals surface area contributed by atoms with Crippen LogP contribution in [0.5, 0.6) is 0 Å². The number of halogens is 2. The minimum Gasteiger partial charge on any atom is -0.394 e. The highest BCUT2D eigenvalue weighted by Crippen LogP contribution is 2.26. The maximum Gasteiger partial charge on any atom is 0.229 e. The lowest BCUT2D eigenvalue weighted by Gasteiger charge is -2.32. The number of carbonyl (C=O) groups excluding carboxylic acids is 1. The number of hydrogen-bond acceptors (Lipinski definition) is 8. The molecule has 1 amide bonds. The van der Waals surface area contributed by atoms with Crippen molar-refractivity contribution in [1.82, 2.24) is 24.6 Å². The van der Waals surface area contributed by atoms with Gasteiger partial charge >= 0.3 is 0 Å². The largest absolute Gasteiger partial charge is 0.394 e. The third-order valence-corrected chi connectivity index (χ3v) is 5.67. The molecule has 1 saturated heterocycles. The molecular formula is C23H27F2N7O3. The molecule has 186 valence electrons. The minimum absolute atomic E-state index is 0.0633. The number of nitrogens with zero attached hydrogens (tertiary/aromatic N) is 5. The van der Waals surface area contributed by atoms with Gasteiger partial charge in [-0.15, -0.1) is 0 Å². The first-order valence-corrected chi connectivity index (χ1v) is 11.2. The normalized spacial score (nSPS) is 16.7. The zero-order chi connectivity index (χ0) is 24.9. The topological polar surface area (TPSA) is 117 Å². The van der Waals surface area contributed by atoms with Gasteiger partial charge in [0.05, 0.1) is 43.9 Å². The number of carbonyl (C=O) groups is 1. The lowest BCUT2D eigenvalue weighted by atomic mass is 10.1. The van der Waals surface area contributed by atoms with E-state index in [9.17, 15) is 18.7 Å². The fourth-order valence-corrected chi connectivity index (χ4v) is 3.80. The van der Waals surface area contributed by atoms with Gasteiger partial charge in [-0.2, -0.15) is 10.1 Å². The van der Waals surface area contributed by atoms with Crippen molar-refractivity contribution in [2.24, 2.45) is 0 Å². The van der Waals surface area contributed by atoms with Crippen molar-refractivity contribution in [1.29, 1.82) is 0 Å². The Kier molecular flexibility index (Phi) is 7.51. The molecule has 0 radical (unpaired) electrons. The number of aromatic nitrogens is 4. The number of benzene rings is 1. The Hall–Kier alpha value is -3.64. The Morgan fingerprint density at radius 3 is 2.80 bits per heavy atom. The van der Waals surface area contributed by atoms with Gasteiger partial charge in [0.25, 0.3) is 0 Å². The number of aliphatic hydroxyl groups is 1. The lowest BCUT2D eigenvalue weighted by Crippen LogP contribution is -2.43. The molecule has 0 aliphatic carbocycles. The number of rotatable bonds is 8. The maximum absolute atomic E-state index is 14.2. The van der Waals surface area contributed by atoms with E-state index in [1.807, 2.05) is 6.92 Å². The number of anilines is 3. The van der Waals surface area contributed by atoms with Gasteiger partial charge in [-0.25, -0.2) is 18.4 Å². The van der Waals surface area contributed by atoms with Crippen LogP contribution in [0, 0.1) is 18.6 Å². The first-order valence-electron chi connectivity index (χ1n) is 11.2. The van der Waals surface area contributed by atoms with E-state index in [1.165, 1.54) is 6.07 Å². The number of morpholine rings is 1. The van der Waals surface area contributed by atoms with Crippen molar-refractivity contribution in [3.05, 3.63) is 59.6 Å². The minimum atomic E-state index is -1.04. The van der Waals surface area contributed by atoms with E-state index in [2.05, 4.69) is 25.7 Å². The maximum atomic E-state index is 14.2. The first-order chi connectivity index (χ1) is 16.9. The van der Waals surface area contributed by atoms with Crippen LogP contribution in [0.25, 0.3) is 0 Å². The molecule has 0 bridgehead atoms. The Bertz CT molecular complexity index is 1170. The van der Waals surface area contributed by atoms with Gasteiger partial charge in [-0.3, -0.25) is 4.79 Å². The number of nitrogens with one attached hydrogen (secondary N) is 2. The average Bonchev–Trinajstić information content (AvgIpc) is 3.33. The van der Waals surface area contributed by atoms with E-state index in [0.717, 1.165) is 12.1 Å². The van der Waals surface area contributed by atoms with Gasteiger partial charge < -0.3 is 25.4 Å². The number of amides is 1. The fraction of sp³-hybridized carbons (Fsp3) is 0.391. The molecule has 1 aromatic carbocycles. The van der Waals surface area contributed by atoms with E-state index < -0.39 is 30.5 Å². The van der Waals surface area contributed by atoms with Crippen molar-refractivity contribution in [3.63, 3.8) is 0 Å². The monoisotopic (exact) mass is 487 g/mol. The van der Waals surface area contributed by atoms with Gasteiger partial charge in [0.2, 0.25) is 11.9 Å². The van der Waals surface area contributed by atoms with Crippen LogP contribution in [-0.4, -0.2) is 62.0 Å². The van der Waals surface area contributed by atoms with Crippen molar-refractivity contribution >= 4 is 23.4 Å². The summed E-state index contributed by atoms with van der Waals surface area (Å²) in [6.45, 7) is 4.38. The SMILES string of the molecule is CCC(=O)N1CCOC(n2cc(Nc3ncc(C)c(NC(CO)c4c(F)cccc4F)n3)cn2)C1. The molecular weight excluding hydrogens is 460 g/mol. The zero-order valence-electron chi connectivity index (χ0n) is 19.4. The van der Waals surface area contributed by atoms with Crippen molar-refractivity contribution < 1.29 is 23.4 Å². The number of aliphatic hydroxyl groups excluding tert-OH is 1. The van der Waals surface area contributed by atoms with Crippen LogP contribution in [0.3, 0.4) is 0 Å². The van der Waals surface area contributed by atoms with Crippen LogP contribution < -0.4 is 10.6 Å². The quantitative estimate of drug-likeness (QED) is 0.444. The van der Waals surface area contributed by atoms with E-state index in [-0.39, 0.29) is 17.4 Å². The summed E-state index contributed by atoms with van der Waals surface area (Å²) in [5, 5.41) is 20.0. The van der Waals surface area contributed by atoms with E-state index in [4.69, 9.17) is 4.74 Å². The smallest absolute Gasteiger partial charge is 0.229 e. The fourth-order valence-electron chi connectivity index (χ4n) is 3.80. The summed E-state index contributed by atoms with van der Waals surface area (Å²) in [6.07, 6.45) is 4.86. The molecule has 3 heterocycles. The van der Waals surface area contributed by atoms with Crippen LogP contribution in [0.1, 0.15) is 36.7 Å². The van der Waals surface area contributed by atoms with Crippen LogP contribution >= 0.6 is 0 Å². The van der Waals surface area contributed by atoms with E-state index in [1.54, 1.807) is 35.1 Å². The van der Waals surface area contributed by atoms with Gasteiger partial charge in [0.15, 0.2) is 6.23 Å². The average molecular weight is 488 g/mol. The third-order valence-electron chi connectivity index (χ3n) is 5.67. The van der Waals surface area contributed by atoms with Crippen molar-refractivity contribution in [3.8, 4) is 0 Å². The van der Waals surface area contributed by atoms with Crippen LogP contribution in [0.2, 0.25) is 0 Å². The Labute approximate surface area is 200 Å². The second-order valence-corrected chi connectivity index (χ2v) is 8.09. The number of aryl methyl sites for hydroxylation is 1. The van der Waals surface area contributed by atoms with Crippen molar-refractivity contribution in [2.45, 2.75) is 32.5 Å². The summed E-state index contributed by atoms with van der Waals surface area (Å²) in [5.41, 5.74) is 0.936. The summed E-state index contributed by atoms with van der Waals surface area (Å²) in [5.74, 6) is -0.943. The summed E-state index contributed by atoms with van der Waals surface area (Å²) >= 11 is 0. The lowest BCUT2D eigenvalue weighted by molar-refractivity contribution is -0.143. The summed E-state index contributed by atoms with van der Waals surface area (Å²) in [6, 6.07) is 2.48. The molecule has 3 N–H and O–H groups in total. The summed E-state index contributed by atoms with van der Waals surface area (Å²) in [4.78, 5) is 22.4. The molecule has 10 nitrogen and oxygen atoms in total. The Morgan fingerprint density at radius 2 is 2.09 bits per heavy atom. The van der Waals surface area contributed by atoms with Crippen LogP contribution in [0.4, 0.5) is 26.2 Å². The molecule has 3 aromatic rings. The Balaban J connectivity index is 1.48. The predicted octanol–water partition coefficient (Wildman–Crippen LogP) is 2.92. The second-order valence-electron chi connectivity index (χ2n) is 8.09. The standard InChI is InChI=1S/C23H27F2N7O3/c1-3-19(34)31-7-8-35-20(12-31)32-11-15(10-27-32)28-23-26-9-14(2)22(30-23)29-18(13-33)21-16(24)5-4-6-17(21)25/h4-6,9-11,18,20,33H,3,7-8,12-13H2,1-2H3,(H2,26,28,29,30). The highest BCUT2D eigenvalue weighted by Gasteiger charge is 2.25. The predicted molar refractivity (Wildman–Crippen MR) is 124 cm³/mol. The van der Waals surface area contributed by atoms with Gasteiger partial charge in [-0.1, -0.05) is 13.0 Å². The second kappa shape index (κ2) is 10.7. The molecule has 35 heavy (non-hydrogen) atoms. The molecule has 0 saturated carbocycles. The number of ether oxygens (including phenoxy) is 1. The van der Waals surface area contributed by atoms with Gasteiger partial charge in [-0.05, 0) is 19.1 Å². The molecule has 1 aliphatic heterocycles. The Morgan fingerprint density at radius 1 is 1.31 bits per heavy atom. The van der Waals surface area contributed by atoms with Crippen LogP contribution in [-0.2, 0) is 9.53 Å². The van der Waals surface area contributed by atoms with Gasteiger partial charge in [0.1, 0.15) is 17.5 Å². The molecule has 4 rings (SSSR count). The summed E-state index contributed by atoms with van der Waals surface area (Å²) < 4.78 is 35.8. The number of hydrogen-bond donors (Lipinski definition) is 3. The van der Waals surface area contributed by atoms with E-state index >= 15 is 0 Å². The summed E-state index contributed by atoms with van der Waals surface area (Å²) in [7, 11) is 0. The molecule has 12 heteroatoms. The molecule has 1 aliphatic rings. The highest BCUT2D eigenvalue weighted by atomic mass is 19.1. The molecule has 1 fully saturated rings. The van der Waals surface area contributed by atoms with E-state index in [0.29, 0.717) is 43.2 Å². The van der Waals surface area contributed by atoms with Crippen molar-refractivity contribution in [2.75, 3.05) is 36.9 Å². The molecule has 0 spiro atoms.